The van der Waals surface area contributed by atoms with Crippen molar-refractivity contribution in [2.24, 2.45) is 0 Å². The zero-order chi connectivity index (χ0) is 13.9. The number of aromatic nitrogens is 2. The van der Waals surface area contributed by atoms with Crippen molar-refractivity contribution in [2.45, 2.75) is 19.8 Å². The van der Waals surface area contributed by atoms with Crippen LogP contribution in [-0.4, -0.2) is 36.0 Å². The Labute approximate surface area is 120 Å². The Morgan fingerprint density at radius 2 is 1.80 bits per heavy atom. The van der Waals surface area contributed by atoms with Gasteiger partial charge in [0.1, 0.15) is 0 Å². The number of rotatable bonds is 3. The first-order chi connectivity index (χ1) is 9.77. The van der Waals surface area contributed by atoms with Gasteiger partial charge in [0.25, 0.3) is 0 Å². The Morgan fingerprint density at radius 1 is 1.10 bits per heavy atom. The van der Waals surface area contributed by atoms with E-state index in [1.807, 2.05) is 12.3 Å². The molecule has 4 nitrogen and oxygen atoms in total. The second kappa shape index (κ2) is 5.67. The van der Waals surface area contributed by atoms with E-state index in [0.717, 1.165) is 31.9 Å². The van der Waals surface area contributed by atoms with Crippen molar-refractivity contribution in [3.8, 4) is 5.69 Å². The first-order valence-electron chi connectivity index (χ1n) is 7.36. The lowest BCUT2D eigenvalue weighted by molar-refractivity contribution is 0.585. The summed E-state index contributed by atoms with van der Waals surface area (Å²) in [5.74, 6) is 0.447. The van der Waals surface area contributed by atoms with Crippen molar-refractivity contribution in [1.29, 1.82) is 0 Å². The lowest BCUT2D eigenvalue weighted by atomic mass is 10.1. The SMILES string of the molecule is CC(C)c1c(N2CCNCC2)cnn1-c1ccccc1. The fourth-order valence-corrected chi connectivity index (χ4v) is 2.81. The van der Waals surface area contributed by atoms with Gasteiger partial charge in [-0.25, -0.2) is 4.68 Å². The molecule has 1 aromatic carbocycles. The molecule has 1 saturated heterocycles. The van der Waals surface area contributed by atoms with Gasteiger partial charge in [0.15, 0.2) is 0 Å². The zero-order valence-electron chi connectivity index (χ0n) is 12.2. The summed E-state index contributed by atoms with van der Waals surface area (Å²) in [5.41, 5.74) is 3.72. The van der Waals surface area contributed by atoms with E-state index in [9.17, 15) is 0 Å². The van der Waals surface area contributed by atoms with Crippen molar-refractivity contribution in [1.82, 2.24) is 15.1 Å². The monoisotopic (exact) mass is 270 g/mol. The van der Waals surface area contributed by atoms with Gasteiger partial charge < -0.3 is 10.2 Å². The molecule has 2 aromatic rings. The van der Waals surface area contributed by atoms with Crippen LogP contribution >= 0.6 is 0 Å². The largest absolute Gasteiger partial charge is 0.366 e. The highest BCUT2D eigenvalue weighted by atomic mass is 15.3. The number of para-hydroxylation sites is 1. The zero-order valence-corrected chi connectivity index (χ0v) is 12.2. The van der Waals surface area contributed by atoms with E-state index in [4.69, 9.17) is 0 Å². The molecule has 1 N–H and O–H groups in total. The Hall–Kier alpha value is -1.81. The van der Waals surface area contributed by atoms with Crippen LogP contribution in [0.25, 0.3) is 5.69 Å². The summed E-state index contributed by atoms with van der Waals surface area (Å²) >= 11 is 0. The molecule has 20 heavy (non-hydrogen) atoms. The summed E-state index contributed by atoms with van der Waals surface area (Å²) < 4.78 is 2.09. The smallest absolute Gasteiger partial charge is 0.0793 e. The van der Waals surface area contributed by atoms with Gasteiger partial charge in [0.05, 0.1) is 23.3 Å². The van der Waals surface area contributed by atoms with E-state index in [0.29, 0.717) is 5.92 Å². The number of anilines is 1. The third-order valence-corrected chi connectivity index (χ3v) is 3.79. The normalized spacial score (nSPS) is 15.8. The predicted octanol–water partition coefficient (Wildman–Crippen LogP) is 2.41. The third kappa shape index (κ3) is 2.43. The van der Waals surface area contributed by atoms with Gasteiger partial charge in [-0.3, -0.25) is 0 Å². The second-order valence-electron chi connectivity index (χ2n) is 5.55. The van der Waals surface area contributed by atoms with E-state index in [1.54, 1.807) is 0 Å². The Kier molecular flexibility index (Phi) is 3.74. The molecule has 1 fully saturated rings. The van der Waals surface area contributed by atoms with Gasteiger partial charge in [0, 0.05) is 26.2 Å². The molecule has 0 saturated carbocycles. The molecule has 0 spiro atoms. The number of nitrogens with zero attached hydrogens (tertiary/aromatic N) is 3. The molecule has 0 amide bonds. The van der Waals surface area contributed by atoms with E-state index in [1.165, 1.54) is 11.4 Å². The highest BCUT2D eigenvalue weighted by molar-refractivity contribution is 5.54. The van der Waals surface area contributed by atoms with Gasteiger partial charge in [-0.1, -0.05) is 32.0 Å². The minimum absolute atomic E-state index is 0.447. The van der Waals surface area contributed by atoms with Crippen LogP contribution in [0, 0.1) is 0 Å². The molecule has 1 aromatic heterocycles. The van der Waals surface area contributed by atoms with Crippen molar-refractivity contribution in [2.75, 3.05) is 31.1 Å². The molecule has 1 aliphatic heterocycles. The first kappa shape index (κ1) is 13.2. The molecule has 4 heteroatoms. The maximum absolute atomic E-state index is 4.64. The summed E-state index contributed by atoms with van der Waals surface area (Å²) in [7, 11) is 0. The lowest BCUT2D eigenvalue weighted by Crippen LogP contribution is -2.43. The molecule has 0 aliphatic carbocycles. The maximum atomic E-state index is 4.64. The summed E-state index contributed by atoms with van der Waals surface area (Å²) in [6, 6.07) is 10.4. The van der Waals surface area contributed by atoms with Crippen LogP contribution in [0.2, 0.25) is 0 Å². The van der Waals surface area contributed by atoms with Crippen LogP contribution < -0.4 is 10.2 Å². The minimum Gasteiger partial charge on any atom is -0.366 e. The fourth-order valence-electron chi connectivity index (χ4n) is 2.81. The third-order valence-electron chi connectivity index (χ3n) is 3.79. The highest BCUT2D eigenvalue weighted by Gasteiger charge is 2.21. The summed E-state index contributed by atoms with van der Waals surface area (Å²) in [5, 5.41) is 8.04. The van der Waals surface area contributed by atoms with Crippen LogP contribution in [0.5, 0.6) is 0 Å². The van der Waals surface area contributed by atoms with E-state index >= 15 is 0 Å². The van der Waals surface area contributed by atoms with Crippen molar-refractivity contribution in [3.05, 3.63) is 42.2 Å². The van der Waals surface area contributed by atoms with E-state index in [-0.39, 0.29) is 0 Å². The van der Waals surface area contributed by atoms with Crippen molar-refractivity contribution < 1.29 is 0 Å². The van der Waals surface area contributed by atoms with E-state index in [2.05, 4.69) is 58.1 Å². The van der Waals surface area contributed by atoms with Crippen molar-refractivity contribution >= 4 is 5.69 Å². The quantitative estimate of drug-likeness (QED) is 0.929. The number of benzene rings is 1. The molecule has 0 atom stereocenters. The van der Waals surface area contributed by atoms with Gasteiger partial charge in [-0.2, -0.15) is 5.10 Å². The molecule has 0 unspecified atom stereocenters. The Balaban J connectivity index is 2.02. The number of nitrogens with one attached hydrogen (secondary N) is 1. The number of hydrogen-bond acceptors (Lipinski definition) is 3. The van der Waals surface area contributed by atoms with Crippen LogP contribution in [0.1, 0.15) is 25.5 Å². The number of hydrogen-bond donors (Lipinski definition) is 1. The molecular weight excluding hydrogens is 248 g/mol. The van der Waals surface area contributed by atoms with Gasteiger partial charge in [-0.05, 0) is 18.1 Å². The second-order valence-corrected chi connectivity index (χ2v) is 5.55. The minimum atomic E-state index is 0.447. The van der Waals surface area contributed by atoms with Gasteiger partial charge in [-0.15, -0.1) is 0 Å². The first-order valence-corrected chi connectivity index (χ1v) is 7.36. The summed E-state index contributed by atoms with van der Waals surface area (Å²) in [6.07, 6.45) is 2.02. The summed E-state index contributed by atoms with van der Waals surface area (Å²) in [4.78, 5) is 2.44. The highest BCUT2D eigenvalue weighted by Crippen LogP contribution is 2.29. The Bertz CT molecular complexity index is 553. The van der Waals surface area contributed by atoms with Gasteiger partial charge in [0.2, 0.25) is 0 Å². The van der Waals surface area contributed by atoms with Crippen molar-refractivity contribution in [3.63, 3.8) is 0 Å². The average Bonchev–Trinajstić information content (AvgIpc) is 2.94. The van der Waals surface area contributed by atoms with Gasteiger partial charge >= 0.3 is 0 Å². The topological polar surface area (TPSA) is 33.1 Å². The van der Waals surface area contributed by atoms with Crippen LogP contribution in [0.15, 0.2) is 36.5 Å². The Morgan fingerprint density at radius 3 is 2.45 bits per heavy atom. The molecule has 0 bridgehead atoms. The standard InChI is InChI=1S/C16H22N4/c1-13(2)16-15(19-10-8-17-9-11-19)12-18-20(16)14-6-4-3-5-7-14/h3-7,12-13,17H,8-11H2,1-2H3. The van der Waals surface area contributed by atoms with Crippen LogP contribution in [-0.2, 0) is 0 Å². The predicted molar refractivity (Wildman–Crippen MR) is 82.7 cm³/mol. The van der Waals surface area contributed by atoms with Crippen LogP contribution in [0.3, 0.4) is 0 Å². The molecule has 3 rings (SSSR count). The van der Waals surface area contributed by atoms with Crippen LogP contribution in [0.4, 0.5) is 5.69 Å². The average molecular weight is 270 g/mol. The fraction of sp³-hybridized carbons (Fsp3) is 0.438. The number of piperazine rings is 1. The molecule has 2 heterocycles. The lowest BCUT2D eigenvalue weighted by Gasteiger charge is -2.30. The molecule has 0 radical (unpaired) electrons. The molecular formula is C16H22N4. The molecule has 106 valence electrons. The van der Waals surface area contributed by atoms with E-state index < -0.39 is 0 Å². The maximum Gasteiger partial charge on any atom is 0.0793 e. The summed E-state index contributed by atoms with van der Waals surface area (Å²) in [6.45, 7) is 8.69. The molecule has 1 aliphatic rings.